The van der Waals surface area contributed by atoms with Gasteiger partial charge in [-0.1, -0.05) is 39.8 Å². The fourth-order valence-corrected chi connectivity index (χ4v) is 4.87. The SMILES string of the molecule is CCN1C(=O)CS/C1=N/NC(=O)Cc1csc2nc(-c3ccc(Br)cc3)cn12. The fourth-order valence-electron chi connectivity index (χ4n) is 2.82. The molecule has 0 spiro atoms. The average Bonchev–Trinajstić information content (AvgIpc) is 3.36. The van der Waals surface area contributed by atoms with Crippen LogP contribution in [-0.2, 0) is 16.0 Å². The normalized spacial score (nSPS) is 15.7. The summed E-state index contributed by atoms with van der Waals surface area (Å²) in [5, 5.41) is 6.57. The lowest BCUT2D eigenvalue weighted by Crippen LogP contribution is -2.31. The summed E-state index contributed by atoms with van der Waals surface area (Å²) >= 11 is 6.26. The van der Waals surface area contributed by atoms with Gasteiger partial charge in [0.15, 0.2) is 10.1 Å². The second-order valence-electron chi connectivity index (χ2n) is 6.05. The number of hydrogen-bond acceptors (Lipinski definition) is 6. The van der Waals surface area contributed by atoms with Crippen LogP contribution in [0.4, 0.5) is 0 Å². The third-order valence-corrected chi connectivity index (χ3v) is 6.59. The molecular formula is C18H16BrN5O2S2. The highest BCUT2D eigenvalue weighted by Gasteiger charge is 2.26. The van der Waals surface area contributed by atoms with Crippen LogP contribution < -0.4 is 5.43 Å². The van der Waals surface area contributed by atoms with Gasteiger partial charge in [0, 0.05) is 33.9 Å². The molecule has 0 bridgehead atoms. The first kappa shape index (κ1) is 19.2. The van der Waals surface area contributed by atoms with Gasteiger partial charge in [-0.2, -0.15) is 0 Å². The van der Waals surface area contributed by atoms with Crippen molar-refractivity contribution in [3.8, 4) is 11.3 Å². The third-order valence-electron chi connectivity index (χ3n) is 4.21. The van der Waals surface area contributed by atoms with Crippen molar-refractivity contribution in [1.29, 1.82) is 0 Å². The summed E-state index contributed by atoms with van der Waals surface area (Å²) in [5.74, 6) is 0.141. The lowest BCUT2D eigenvalue weighted by atomic mass is 10.2. The predicted molar refractivity (Wildman–Crippen MR) is 115 cm³/mol. The Bertz CT molecular complexity index is 1070. The first-order valence-electron chi connectivity index (χ1n) is 8.56. The van der Waals surface area contributed by atoms with Crippen LogP contribution in [0.2, 0.25) is 0 Å². The van der Waals surface area contributed by atoms with Gasteiger partial charge in [0.1, 0.15) is 0 Å². The third kappa shape index (κ3) is 3.85. The molecule has 7 nitrogen and oxygen atoms in total. The van der Waals surface area contributed by atoms with Crippen molar-refractivity contribution in [1.82, 2.24) is 19.7 Å². The standard InChI is InChI=1S/C18H16BrN5O2S2/c1-2-23-16(26)10-28-18(23)22-21-15(25)7-13-9-27-17-20-14(8-24(13)17)11-3-5-12(19)6-4-11/h3-6,8-9H,2,7,10H2,1H3,(H,21,25)/b22-18+. The monoisotopic (exact) mass is 477 g/mol. The summed E-state index contributed by atoms with van der Waals surface area (Å²) in [7, 11) is 0. The molecule has 2 aromatic heterocycles. The van der Waals surface area contributed by atoms with Crippen LogP contribution in [0.1, 0.15) is 12.6 Å². The van der Waals surface area contributed by atoms with Crippen LogP contribution in [-0.4, -0.2) is 43.6 Å². The van der Waals surface area contributed by atoms with Gasteiger partial charge in [-0.3, -0.25) is 18.9 Å². The molecule has 1 saturated heterocycles. The highest BCUT2D eigenvalue weighted by atomic mass is 79.9. The molecule has 1 aliphatic heterocycles. The number of nitrogens with one attached hydrogen (secondary N) is 1. The summed E-state index contributed by atoms with van der Waals surface area (Å²) in [5.41, 5.74) is 5.28. The number of hydrazone groups is 1. The molecule has 2 amide bonds. The van der Waals surface area contributed by atoms with E-state index >= 15 is 0 Å². The number of imidazole rings is 1. The van der Waals surface area contributed by atoms with E-state index in [1.54, 1.807) is 4.90 Å². The van der Waals surface area contributed by atoms with Crippen molar-refractivity contribution in [2.24, 2.45) is 5.10 Å². The van der Waals surface area contributed by atoms with Crippen molar-refractivity contribution in [2.75, 3.05) is 12.3 Å². The smallest absolute Gasteiger partial charge is 0.246 e. The molecule has 3 aromatic rings. The molecule has 0 radical (unpaired) electrons. The van der Waals surface area contributed by atoms with Gasteiger partial charge in [0.25, 0.3) is 0 Å². The Hall–Kier alpha value is -2.17. The Morgan fingerprint density at radius 1 is 1.36 bits per heavy atom. The summed E-state index contributed by atoms with van der Waals surface area (Å²) < 4.78 is 2.95. The van der Waals surface area contributed by atoms with Crippen molar-refractivity contribution < 1.29 is 9.59 Å². The zero-order chi connectivity index (χ0) is 19.7. The van der Waals surface area contributed by atoms with E-state index in [1.165, 1.54) is 23.1 Å². The van der Waals surface area contributed by atoms with Crippen LogP contribution >= 0.6 is 39.0 Å². The summed E-state index contributed by atoms with van der Waals surface area (Å²) in [6.07, 6.45) is 2.12. The van der Waals surface area contributed by atoms with E-state index in [0.29, 0.717) is 17.5 Å². The molecule has 1 aliphatic rings. The van der Waals surface area contributed by atoms with Crippen molar-refractivity contribution in [3.05, 3.63) is 46.0 Å². The highest BCUT2D eigenvalue weighted by molar-refractivity contribution is 9.10. The quantitative estimate of drug-likeness (QED) is 0.571. The molecule has 0 saturated carbocycles. The first-order chi connectivity index (χ1) is 13.5. The molecule has 144 valence electrons. The fraction of sp³-hybridized carbons (Fsp3) is 0.222. The summed E-state index contributed by atoms with van der Waals surface area (Å²) in [6, 6.07) is 7.95. The molecule has 4 rings (SSSR count). The number of amides is 2. The highest BCUT2D eigenvalue weighted by Crippen LogP contribution is 2.25. The largest absolute Gasteiger partial charge is 0.294 e. The Morgan fingerprint density at radius 3 is 2.89 bits per heavy atom. The van der Waals surface area contributed by atoms with Crippen molar-refractivity contribution in [3.63, 3.8) is 0 Å². The topological polar surface area (TPSA) is 79.1 Å². The maximum absolute atomic E-state index is 12.3. The maximum Gasteiger partial charge on any atom is 0.246 e. The van der Waals surface area contributed by atoms with Crippen LogP contribution in [0, 0.1) is 0 Å². The number of fused-ring (bicyclic) bond motifs is 1. The summed E-state index contributed by atoms with van der Waals surface area (Å²) in [6.45, 7) is 2.42. The Balaban J connectivity index is 1.48. The number of amidine groups is 1. The van der Waals surface area contributed by atoms with Gasteiger partial charge < -0.3 is 0 Å². The number of hydrogen-bond donors (Lipinski definition) is 1. The van der Waals surface area contributed by atoms with Gasteiger partial charge in [-0.05, 0) is 19.1 Å². The Labute approximate surface area is 178 Å². The van der Waals surface area contributed by atoms with Gasteiger partial charge in [0.05, 0.1) is 17.9 Å². The van der Waals surface area contributed by atoms with Crippen molar-refractivity contribution in [2.45, 2.75) is 13.3 Å². The minimum Gasteiger partial charge on any atom is -0.294 e. The number of halogens is 1. The molecule has 0 unspecified atom stereocenters. The lowest BCUT2D eigenvalue weighted by Gasteiger charge is -2.12. The predicted octanol–water partition coefficient (Wildman–Crippen LogP) is 3.35. The maximum atomic E-state index is 12.3. The number of thioether (sulfide) groups is 1. The number of aromatic nitrogens is 2. The zero-order valence-corrected chi connectivity index (χ0v) is 18.1. The van der Waals surface area contributed by atoms with Crippen LogP contribution in [0.5, 0.6) is 0 Å². The van der Waals surface area contributed by atoms with E-state index in [1.807, 2.05) is 47.2 Å². The number of thiazole rings is 1. The number of carbonyl (C=O) groups excluding carboxylic acids is 2. The van der Waals surface area contributed by atoms with Gasteiger partial charge in [-0.15, -0.1) is 16.4 Å². The second-order valence-corrected chi connectivity index (χ2v) is 8.74. The van der Waals surface area contributed by atoms with Crippen LogP contribution in [0.25, 0.3) is 16.2 Å². The number of nitrogens with zero attached hydrogens (tertiary/aromatic N) is 4. The molecule has 10 heteroatoms. The first-order valence-corrected chi connectivity index (χ1v) is 11.2. The van der Waals surface area contributed by atoms with E-state index in [9.17, 15) is 9.59 Å². The molecular weight excluding hydrogens is 462 g/mol. The minimum absolute atomic E-state index is 0.0129. The molecule has 3 heterocycles. The zero-order valence-electron chi connectivity index (χ0n) is 14.9. The van der Waals surface area contributed by atoms with E-state index in [2.05, 4.69) is 31.4 Å². The second kappa shape index (κ2) is 8.06. The number of carbonyl (C=O) groups is 2. The molecule has 1 aromatic carbocycles. The molecule has 0 aliphatic carbocycles. The van der Waals surface area contributed by atoms with Crippen LogP contribution in [0.3, 0.4) is 0 Å². The number of benzene rings is 1. The van der Waals surface area contributed by atoms with Gasteiger partial charge in [-0.25, -0.2) is 10.4 Å². The number of rotatable bonds is 5. The van der Waals surface area contributed by atoms with Crippen LogP contribution in [0.15, 0.2) is 45.4 Å². The van der Waals surface area contributed by atoms with Gasteiger partial charge in [0.2, 0.25) is 11.8 Å². The molecule has 0 atom stereocenters. The Morgan fingerprint density at radius 2 is 2.14 bits per heavy atom. The van der Waals surface area contributed by atoms with E-state index in [0.717, 1.165) is 26.4 Å². The van der Waals surface area contributed by atoms with E-state index < -0.39 is 0 Å². The minimum atomic E-state index is -0.234. The van der Waals surface area contributed by atoms with E-state index in [-0.39, 0.29) is 18.2 Å². The summed E-state index contributed by atoms with van der Waals surface area (Å²) in [4.78, 5) is 31.1. The van der Waals surface area contributed by atoms with Crippen molar-refractivity contribution >= 4 is 61.0 Å². The van der Waals surface area contributed by atoms with E-state index in [4.69, 9.17) is 0 Å². The Kier molecular flexibility index (Phi) is 5.51. The molecule has 1 N–H and O–H groups in total. The molecule has 1 fully saturated rings. The molecule has 28 heavy (non-hydrogen) atoms. The van der Waals surface area contributed by atoms with Gasteiger partial charge >= 0.3 is 0 Å². The lowest BCUT2D eigenvalue weighted by molar-refractivity contribution is -0.124. The average molecular weight is 478 g/mol.